The summed E-state index contributed by atoms with van der Waals surface area (Å²) in [5.41, 5.74) is -0.0399. The fraction of sp³-hybridized carbons (Fsp3) is 0.467. The molecule has 1 N–H and O–H groups in total. The lowest BCUT2D eigenvalue weighted by Gasteiger charge is -2.33. The summed E-state index contributed by atoms with van der Waals surface area (Å²) in [6.07, 6.45) is 0.696. The minimum atomic E-state index is -0.477. The van der Waals surface area contributed by atoms with Crippen LogP contribution in [0.5, 0.6) is 5.75 Å². The van der Waals surface area contributed by atoms with E-state index in [9.17, 15) is 9.59 Å². The summed E-state index contributed by atoms with van der Waals surface area (Å²) in [4.78, 5) is 25.6. The summed E-state index contributed by atoms with van der Waals surface area (Å²) in [5.74, 6) is 0.233. The topological polar surface area (TPSA) is 67.9 Å². The Morgan fingerprint density at radius 2 is 2.32 bits per heavy atom. The van der Waals surface area contributed by atoms with Gasteiger partial charge in [0.05, 0.1) is 19.2 Å². The Morgan fingerprint density at radius 3 is 3.00 bits per heavy atom. The number of methoxy groups -OCH3 is 1. The second-order valence-electron chi connectivity index (χ2n) is 5.57. The zero-order valence-electron chi connectivity index (χ0n) is 12.2. The van der Waals surface area contributed by atoms with Crippen LogP contribution in [0.15, 0.2) is 18.2 Å². The fourth-order valence-electron chi connectivity index (χ4n) is 2.88. The number of nitrogens with zero attached hydrogens (tertiary/aromatic N) is 1. The monoisotopic (exact) mass is 324 g/mol. The molecule has 0 saturated carbocycles. The van der Waals surface area contributed by atoms with Gasteiger partial charge in [-0.2, -0.15) is 0 Å². The van der Waals surface area contributed by atoms with Crippen molar-refractivity contribution in [2.75, 3.05) is 33.4 Å². The molecule has 0 aliphatic carbocycles. The number of nitrogens with one attached hydrogen (secondary N) is 1. The number of hydrogen-bond donors (Lipinski definition) is 1. The van der Waals surface area contributed by atoms with Crippen LogP contribution in [0, 0.1) is 0 Å². The first kappa shape index (κ1) is 15.1. The highest BCUT2D eigenvalue weighted by atomic mass is 35.5. The number of carbonyl (C=O) groups is 2. The normalized spacial score (nSPS) is 24.5. The number of rotatable bonds is 2. The Hall–Kier alpha value is -1.79. The summed E-state index contributed by atoms with van der Waals surface area (Å²) in [5, 5.41) is 3.28. The molecule has 2 saturated heterocycles. The van der Waals surface area contributed by atoms with Crippen molar-refractivity contribution in [2.45, 2.75) is 12.0 Å². The maximum Gasteiger partial charge on any atom is 0.257 e. The van der Waals surface area contributed by atoms with E-state index in [1.165, 1.54) is 7.11 Å². The molecule has 0 aromatic heterocycles. The molecule has 1 aromatic carbocycles. The Morgan fingerprint density at radius 1 is 1.50 bits per heavy atom. The highest BCUT2D eigenvalue weighted by Gasteiger charge is 2.44. The predicted octanol–water partition coefficient (Wildman–Crippen LogP) is 1.08. The van der Waals surface area contributed by atoms with Crippen molar-refractivity contribution in [1.82, 2.24) is 10.2 Å². The van der Waals surface area contributed by atoms with Crippen LogP contribution < -0.4 is 10.1 Å². The van der Waals surface area contributed by atoms with Crippen molar-refractivity contribution in [2.24, 2.45) is 0 Å². The van der Waals surface area contributed by atoms with Crippen molar-refractivity contribution < 1.29 is 19.1 Å². The lowest BCUT2D eigenvalue weighted by molar-refractivity contribution is -0.141. The molecule has 0 radical (unpaired) electrons. The van der Waals surface area contributed by atoms with Gasteiger partial charge in [-0.1, -0.05) is 11.6 Å². The van der Waals surface area contributed by atoms with Gasteiger partial charge >= 0.3 is 0 Å². The second kappa shape index (κ2) is 5.78. The summed E-state index contributed by atoms with van der Waals surface area (Å²) in [6, 6.07) is 4.97. The third kappa shape index (κ3) is 2.76. The molecule has 1 atom stereocenters. The van der Waals surface area contributed by atoms with Crippen molar-refractivity contribution in [3.05, 3.63) is 28.8 Å². The molecule has 7 heteroatoms. The minimum absolute atomic E-state index is 0.0442. The van der Waals surface area contributed by atoms with E-state index in [-0.39, 0.29) is 18.4 Å². The van der Waals surface area contributed by atoms with E-state index >= 15 is 0 Å². The van der Waals surface area contributed by atoms with E-state index in [1.54, 1.807) is 23.1 Å². The summed E-state index contributed by atoms with van der Waals surface area (Å²) in [7, 11) is 1.52. The smallest absolute Gasteiger partial charge is 0.257 e. The lowest BCUT2D eigenvalue weighted by Crippen LogP contribution is -2.54. The standard InChI is InChI=1S/C15H17ClN2O4/c1-21-12-3-2-10(16)6-11(12)14(20)18-5-4-15(9-18)8-17-13(19)7-22-15/h2-3,6H,4-5,7-9H2,1H3,(H,17,19). The molecule has 3 rings (SSSR count). The average molecular weight is 325 g/mol. The minimum Gasteiger partial charge on any atom is -0.496 e. The number of morpholine rings is 1. The molecule has 1 spiro atoms. The summed E-state index contributed by atoms with van der Waals surface area (Å²) < 4.78 is 10.9. The van der Waals surface area contributed by atoms with Crippen LogP contribution in [-0.2, 0) is 9.53 Å². The molecular weight excluding hydrogens is 308 g/mol. The molecule has 0 bridgehead atoms. The van der Waals surface area contributed by atoms with Crippen LogP contribution in [0.25, 0.3) is 0 Å². The Balaban J connectivity index is 1.77. The number of amides is 2. The van der Waals surface area contributed by atoms with Crippen molar-refractivity contribution in [1.29, 1.82) is 0 Å². The van der Waals surface area contributed by atoms with Crippen LogP contribution in [0.2, 0.25) is 5.02 Å². The predicted molar refractivity (Wildman–Crippen MR) is 80.2 cm³/mol. The van der Waals surface area contributed by atoms with E-state index in [2.05, 4.69) is 5.32 Å². The van der Waals surface area contributed by atoms with Crippen LogP contribution >= 0.6 is 11.6 Å². The first-order valence-corrected chi connectivity index (χ1v) is 7.44. The van der Waals surface area contributed by atoms with E-state index in [1.807, 2.05) is 0 Å². The van der Waals surface area contributed by atoms with E-state index in [0.29, 0.717) is 42.4 Å². The molecular formula is C15H17ClN2O4. The van der Waals surface area contributed by atoms with Gasteiger partial charge in [-0.15, -0.1) is 0 Å². The van der Waals surface area contributed by atoms with E-state index in [0.717, 1.165) is 0 Å². The molecule has 1 unspecified atom stereocenters. The van der Waals surface area contributed by atoms with Gasteiger partial charge in [0.25, 0.3) is 5.91 Å². The fourth-order valence-corrected chi connectivity index (χ4v) is 3.05. The van der Waals surface area contributed by atoms with Crippen LogP contribution in [-0.4, -0.2) is 55.7 Å². The van der Waals surface area contributed by atoms with E-state index in [4.69, 9.17) is 21.1 Å². The second-order valence-corrected chi connectivity index (χ2v) is 6.01. The van der Waals surface area contributed by atoms with Gasteiger partial charge in [-0.25, -0.2) is 0 Å². The van der Waals surface area contributed by atoms with Crippen LogP contribution in [0.4, 0.5) is 0 Å². The number of halogens is 1. The number of benzene rings is 1. The Labute approximate surface area is 133 Å². The first-order valence-electron chi connectivity index (χ1n) is 7.06. The Kier molecular flexibility index (Phi) is 3.97. The molecule has 6 nitrogen and oxygen atoms in total. The van der Waals surface area contributed by atoms with Gasteiger partial charge in [-0.05, 0) is 24.6 Å². The van der Waals surface area contributed by atoms with Gasteiger partial charge in [0.15, 0.2) is 0 Å². The zero-order chi connectivity index (χ0) is 15.7. The number of ether oxygens (including phenoxy) is 2. The first-order chi connectivity index (χ1) is 10.5. The van der Waals surface area contributed by atoms with Crippen LogP contribution in [0.3, 0.4) is 0 Å². The molecule has 118 valence electrons. The number of likely N-dealkylation sites (tertiary alicyclic amines) is 1. The number of hydrogen-bond acceptors (Lipinski definition) is 4. The van der Waals surface area contributed by atoms with Crippen molar-refractivity contribution in [3.8, 4) is 5.75 Å². The summed E-state index contributed by atoms with van der Waals surface area (Å²) >= 11 is 5.98. The highest BCUT2D eigenvalue weighted by molar-refractivity contribution is 6.31. The molecule has 2 fully saturated rings. The third-order valence-corrected chi connectivity index (χ3v) is 4.35. The molecule has 2 aliphatic heterocycles. The van der Waals surface area contributed by atoms with E-state index < -0.39 is 5.60 Å². The van der Waals surface area contributed by atoms with Gasteiger partial charge in [0, 0.05) is 18.1 Å². The van der Waals surface area contributed by atoms with Gasteiger partial charge < -0.3 is 19.7 Å². The van der Waals surface area contributed by atoms with Gasteiger partial charge in [-0.3, -0.25) is 9.59 Å². The molecule has 2 aliphatic rings. The Bertz CT molecular complexity index is 610. The molecule has 22 heavy (non-hydrogen) atoms. The van der Waals surface area contributed by atoms with Gasteiger partial charge in [0.2, 0.25) is 5.91 Å². The lowest BCUT2D eigenvalue weighted by atomic mass is 10.0. The molecule has 1 aromatic rings. The number of carbonyl (C=O) groups excluding carboxylic acids is 2. The van der Waals surface area contributed by atoms with Crippen LogP contribution in [0.1, 0.15) is 16.8 Å². The zero-order valence-corrected chi connectivity index (χ0v) is 13.0. The quantitative estimate of drug-likeness (QED) is 0.884. The average Bonchev–Trinajstić information content (AvgIpc) is 2.94. The molecule has 2 amide bonds. The maximum absolute atomic E-state index is 12.7. The van der Waals surface area contributed by atoms with Crippen molar-refractivity contribution >= 4 is 23.4 Å². The maximum atomic E-state index is 12.7. The summed E-state index contributed by atoms with van der Waals surface area (Å²) in [6.45, 7) is 1.50. The van der Waals surface area contributed by atoms with Crippen molar-refractivity contribution in [3.63, 3.8) is 0 Å². The van der Waals surface area contributed by atoms with Gasteiger partial charge in [0.1, 0.15) is 18.0 Å². The largest absolute Gasteiger partial charge is 0.496 e. The SMILES string of the molecule is COc1ccc(Cl)cc1C(=O)N1CCC2(CNC(=O)CO2)C1. The molecule has 2 heterocycles. The third-order valence-electron chi connectivity index (χ3n) is 4.11. The highest BCUT2D eigenvalue weighted by Crippen LogP contribution is 2.30.